The maximum absolute atomic E-state index is 12.8. The highest BCUT2D eigenvalue weighted by atomic mass is 32.1. The minimum atomic E-state index is -0.928. The molecule has 0 bridgehead atoms. The molecule has 1 aromatic carbocycles. The van der Waals surface area contributed by atoms with Crippen LogP contribution < -0.4 is 11.1 Å². The first kappa shape index (κ1) is 18.7. The molecule has 3 N–H and O–H groups in total. The molecule has 0 saturated heterocycles. The Balaban J connectivity index is 1.85. The van der Waals surface area contributed by atoms with E-state index in [9.17, 15) is 14.9 Å². The van der Waals surface area contributed by atoms with E-state index in [4.69, 9.17) is 5.73 Å². The summed E-state index contributed by atoms with van der Waals surface area (Å²) < 4.78 is 0.951. The van der Waals surface area contributed by atoms with Crippen LogP contribution >= 0.6 is 11.3 Å². The Kier molecular flexibility index (Phi) is 5.63. The quantitative estimate of drug-likeness (QED) is 0.477. The molecule has 0 aliphatic rings. The smallest absolute Gasteiger partial charge is 0.295 e. The molecule has 1 amide bonds. The molecule has 8 nitrogen and oxygen atoms in total. The van der Waals surface area contributed by atoms with E-state index >= 15 is 0 Å². The lowest BCUT2D eigenvalue weighted by atomic mass is 9.92. The van der Waals surface area contributed by atoms with Crippen molar-refractivity contribution in [1.82, 2.24) is 4.98 Å². The van der Waals surface area contributed by atoms with Gasteiger partial charge in [0.25, 0.3) is 5.09 Å². The van der Waals surface area contributed by atoms with E-state index in [1.54, 1.807) is 30.6 Å². The lowest BCUT2D eigenvalue weighted by molar-refractivity contribution is -0.744. The van der Waals surface area contributed by atoms with E-state index < -0.39 is 11.0 Å². The molecule has 2 aromatic heterocycles. The second-order valence-corrected chi connectivity index (χ2v) is 6.80. The Morgan fingerprint density at radius 1 is 1.44 bits per heavy atom. The fourth-order valence-corrected chi connectivity index (χ4v) is 3.61. The summed E-state index contributed by atoms with van der Waals surface area (Å²) in [6.45, 7) is 4.79. The third-order valence-electron chi connectivity index (χ3n) is 3.91. The summed E-state index contributed by atoms with van der Waals surface area (Å²) in [4.78, 5) is 31.7. The minimum absolute atomic E-state index is 0.0219. The van der Waals surface area contributed by atoms with Crippen molar-refractivity contribution in [3.8, 4) is 0 Å². The topological polar surface area (TPSA) is 120 Å². The molecule has 0 aliphatic carbocycles. The highest BCUT2D eigenvalue weighted by Crippen LogP contribution is 2.30. The number of thiophene rings is 1. The van der Waals surface area contributed by atoms with Crippen molar-refractivity contribution in [1.29, 1.82) is 0 Å². The number of fused-ring (bicyclic) bond motifs is 1. The SMILES string of the molecule is [CH2]c1ccc([C@@H](CN)C(=O)Nc2cc3ccncc3s2)c([CH]O[N+](=O)[O-])c1. The minimum Gasteiger partial charge on any atom is -0.329 e. The van der Waals surface area contributed by atoms with Gasteiger partial charge in [-0.15, -0.1) is 21.5 Å². The van der Waals surface area contributed by atoms with Crippen molar-refractivity contribution in [2.75, 3.05) is 11.9 Å². The maximum Gasteiger partial charge on any atom is 0.295 e. The zero-order valence-electron chi connectivity index (χ0n) is 14.1. The average molecular weight is 384 g/mol. The van der Waals surface area contributed by atoms with E-state index in [1.165, 1.54) is 11.3 Å². The van der Waals surface area contributed by atoms with E-state index in [1.807, 2.05) is 12.1 Å². The number of amides is 1. The standard InChI is InChI=1S/C18H16N4O4S/c1-11-2-3-14(13(6-11)10-26-22(24)25)15(8-19)18(23)21-17-7-12-4-5-20-9-16(12)27-17/h2-7,9-10,15H,1,8,19H2,(H,21,23)/t15-/m1/s1. The van der Waals surface area contributed by atoms with Crippen LogP contribution in [0.3, 0.4) is 0 Å². The molecule has 27 heavy (non-hydrogen) atoms. The summed E-state index contributed by atoms with van der Waals surface area (Å²) >= 11 is 1.40. The number of anilines is 1. The number of carbonyl (C=O) groups excluding carboxylic acids is 1. The molecule has 3 rings (SSSR count). The fourth-order valence-electron chi connectivity index (χ4n) is 2.67. The van der Waals surface area contributed by atoms with Crippen molar-refractivity contribution in [2.45, 2.75) is 5.92 Å². The molecule has 3 aromatic rings. The summed E-state index contributed by atoms with van der Waals surface area (Å²) in [7, 11) is 0. The van der Waals surface area contributed by atoms with Crippen LogP contribution in [-0.4, -0.2) is 22.5 Å². The van der Waals surface area contributed by atoms with Gasteiger partial charge in [-0.3, -0.25) is 9.78 Å². The normalized spacial score (nSPS) is 11.9. The fraction of sp³-hybridized carbons (Fsp3) is 0.111. The second-order valence-electron chi connectivity index (χ2n) is 5.71. The predicted molar refractivity (Wildman–Crippen MR) is 102 cm³/mol. The number of nitrogens with two attached hydrogens (primary N) is 1. The number of hydrogen-bond acceptors (Lipinski definition) is 7. The number of hydrogen-bond donors (Lipinski definition) is 2. The zero-order chi connectivity index (χ0) is 19.4. The van der Waals surface area contributed by atoms with Crippen LogP contribution in [0.4, 0.5) is 5.00 Å². The Hall–Kier alpha value is -3.04. The lowest BCUT2D eigenvalue weighted by Crippen LogP contribution is -2.28. The summed E-state index contributed by atoms with van der Waals surface area (Å²) in [6, 6.07) is 8.69. The third kappa shape index (κ3) is 4.39. The van der Waals surface area contributed by atoms with Gasteiger partial charge in [0.05, 0.1) is 15.6 Å². The van der Waals surface area contributed by atoms with Crippen molar-refractivity contribution in [3.05, 3.63) is 83.1 Å². The number of rotatable bonds is 7. The van der Waals surface area contributed by atoms with Crippen LogP contribution in [0.15, 0.2) is 42.7 Å². The van der Waals surface area contributed by atoms with Crippen LogP contribution in [-0.2, 0) is 9.63 Å². The molecular formula is C18H16N4O4S. The number of nitrogens with zero attached hydrogens (tertiary/aromatic N) is 2. The third-order valence-corrected chi connectivity index (χ3v) is 4.91. The highest BCUT2D eigenvalue weighted by Gasteiger charge is 2.23. The maximum atomic E-state index is 12.8. The van der Waals surface area contributed by atoms with Gasteiger partial charge < -0.3 is 15.9 Å². The van der Waals surface area contributed by atoms with Gasteiger partial charge in [-0.1, -0.05) is 18.2 Å². The first-order chi connectivity index (χ1) is 13.0. The molecule has 2 radical (unpaired) electrons. The molecule has 138 valence electrons. The summed E-state index contributed by atoms with van der Waals surface area (Å²) in [5.74, 6) is -1.03. The highest BCUT2D eigenvalue weighted by molar-refractivity contribution is 7.22. The molecular weight excluding hydrogens is 368 g/mol. The van der Waals surface area contributed by atoms with E-state index in [0.29, 0.717) is 21.7 Å². The summed E-state index contributed by atoms with van der Waals surface area (Å²) in [5, 5.41) is 14.1. The molecule has 0 unspecified atom stereocenters. The lowest BCUT2D eigenvalue weighted by Gasteiger charge is -2.18. The second kappa shape index (κ2) is 8.11. The van der Waals surface area contributed by atoms with Crippen molar-refractivity contribution >= 4 is 32.3 Å². The Morgan fingerprint density at radius 3 is 2.96 bits per heavy atom. The van der Waals surface area contributed by atoms with Gasteiger partial charge in [0.15, 0.2) is 6.61 Å². The van der Waals surface area contributed by atoms with Crippen molar-refractivity contribution in [2.24, 2.45) is 5.73 Å². The van der Waals surface area contributed by atoms with Crippen LogP contribution in [0.5, 0.6) is 0 Å². The molecule has 2 heterocycles. The van der Waals surface area contributed by atoms with Gasteiger partial charge in [0.2, 0.25) is 5.91 Å². The van der Waals surface area contributed by atoms with E-state index in [0.717, 1.165) is 16.7 Å². The van der Waals surface area contributed by atoms with Crippen LogP contribution in [0, 0.1) is 23.6 Å². The summed E-state index contributed by atoms with van der Waals surface area (Å²) in [5.41, 5.74) is 7.36. The van der Waals surface area contributed by atoms with Gasteiger partial charge in [-0.05, 0) is 41.1 Å². The molecule has 0 spiro atoms. The largest absolute Gasteiger partial charge is 0.329 e. The Labute approximate surface area is 159 Å². The first-order valence-corrected chi connectivity index (χ1v) is 8.74. The number of benzene rings is 1. The monoisotopic (exact) mass is 384 g/mol. The molecule has 9 heteroatoms. The van der Waals surface area contributed by atoms with Gasteiger partial charge in [-0.2, -0.15) is 0 Å². The van der Waals surface area contributed by atoms with Gasteiger partial charge in [0.1, 0.15) is 0 Å². The first-order valence-electron chi connectivity index (χ1n) is 7.92. The molecule has 0 saturated carbocycles. The van der Waals surface area contributed by atoms with Crippen molar-refractivity contribution in [3.63, 3.8) is 0 Å². The number of carbonyl (C=O) groups is 1. The number of pyridine rings is 1. The Morgan fingerprint density at radius 2 is 2.26 bits per heavy atom. The summed E-state index contributed by atoms with van der Waals surface area (Å²) in [6.07, 6.45) is 3.41. The van der Waals surface area contributed by atoms with E-state index in [2.05, 4.69) is 22.1 Å². The molecule has 0 aliphatic heterocycles. The van der Waals surface area contributed by atoms with Crippen LogP contribution in [0.25, 0.3) is 10.1 Å². The van der Waals surface area contributed by atoms with Gasteiger partial charge >= 0.3 is 0 Å². The van der Waals surface area contributed by atoms with Crippen LogP contribution in [0.1, 0.15) is 22.6 Å². The molecule has 0 fully saturated rings. The van der Waals surface area contributed by atoms with E-state index in [-0.39, 0.29) is 12.5 Å². The molecule has 1 atom stereocenters. The number of nitrogens with one attached hydrogen (secondary N) is 1. The van der Waals surface area contributed by atoms with Gasteiger partial charge in [-0.25, -0.2) is 0 Å². The average Bonchev–Trinajstić information content (AvgIpc) is 3.04. The number of aromatic nitrogens is 1. The van der Waals surface area contributed by atoms with Crippen LogP contribution in [0.2, 0.25) is 0 Å². The zero-order valence-corrected chi connectivity index (χ0v) is 14.9. The Bertz CT molecular complexity index is 955. The predicted octanol–water partition coefficient (Wildman–Crippen LogP) is 2.88. The van der Waals surface area contributed by atoms with Gasteiger partial charge in [0, 0.05) is 18.9 Å². The van der Waals surface area contributed by atoms with Crippen molar-refractivity contribution < 1.29 is 14.7 Å².